The molecule has 0 unspecified atom stereocenters. The van der Waals surface area contributed by atoms with Crippen molar-refractivity contribution in [1.29, 1.82) is 0 Å². The van der Waals surface area contributed by atoms with Crippen LogP contribution in [-0.2, 0) is 0 Å². The van der Waals surface area contributed by atoms with Crippen LogP contribution < -0.4 is 16.0 Å². The Morgan fingerprint density at radius 3 is 2.41 bits per heavy atom. The van der Waals surface area contributed by atoms with Crippen molar-refractivity contribution in [2.75, 3.05) is 6.54 Å². The molecule has 2 heterocycles. The number of hydrogen-bond donors (Lipinski definition) is 1. The van der Waals surface area contributed by atoms with Crippen LogP contribution in [0.4, 0.5) is 4.79 Å². The number of para-hydroxylation sites is 1. The Kier molecular flexibility index (Phi) is 5.01. The predicted molar refractivity (Wildman–Crippen MR) is 125 cm³/mol. The zero-order valence-electron chi connectivity index (χ0n) is 18.7. The number of ether oxygens (including phenoxy) is 1. The van der Waals surface area contributed by atoms with E-state index < -0.39 is 6.09 Å². The van der Waals surface area contributed by atoms with Crippen molar-refractivity contribution in [2.45, 2.75) is 63.1 Å². The van der Waals surface area contributed by atoms with E-state index in [4.69, 9.17) is 4.74 Å². The summed E-state index contributed by atoms with van der Waals surface area (Å²) in [5.41, 5.74) is 0.0934. The van der Waals surface area contributed by atoms with Crippen LogP contribution in [0.1, 0.15) is 62.9 Å². The molecular weight excluding hydrogens is 434 g/mol. The second kappa shape index (κ2) is 8.20. The fraction of sp³-hybridized carbons (Fsp3) is 0.440. The number of hydrogen-bond acceptors (Lipinski definition) is 5. The molecule has 6 rings (SSSR count). The Balaban J connectivity index is 1.28. The van der Waals surface area contributed by atoms with Crippen molar-refractivity contribution < 1.29 is 9.53 Å². The monoisotopic (exact) mass is 459 g/mol. The van der Waals surface area contributed by atoms with E-state index in [1.807, 2.05) is 18.2 Å². The van der Waals surface area contributed by atoms with E-state index in [2.05, 4.69) is 21.8 Å². The topological polar surface area (TPSA) is 102 Å². The number of nitrogens with zero attached hydrogens (tertiary/aromatic N) is 4. The number of carbonyl (C=O) groups excluding carboxylic acids is 1. The average Bonchev–Trinajstić information content (AvgIpc) is 3.72. The van der Waals surface area contributed by atoms with Gasteiger partial charge in [-0.2, -0.15) is 0 Å². The zero-order valence-corrected chi connectivity index (χ0v) is 18.7. The molecule has 174 valence electrons. The average molecular weight is 460 g/mol. The molecule has 3 aliphatic rings. The number of carbonyl (C=O) groups is 1. The van der Waals surface area contributed by atoms with Gasteiger partial charge in [0.15, 0.2) is 17.0 Å². The van der Waals surface area contributed by atoms with Crippen LogP contribution in [-0.4, -0.2) is 42.7 Å². The van der Waals surface area contributed by atoms with E-state index in [-0.39, 0.29) is 35.9 Å². The Morgan fingerprint density at radius 2 is 1.76 bits per heavy atom. The van der Waals surface area contributed by atoms with E-state index in [9.17, 15) is 14.4 Å². The number of amides is 1. The second-order valence-corrected chi connectivity index (χ2v) is 9.27. The first-order chi connectivity index (χ1) is 16.6. The molecule has 34 heavy (non-hydrogen) atoms. The van der Waals surface area contributed by atoms with Gasteiger partial charge in [0.05, 0.1) is 6.54 Å². The van der Waals surface area contributed by atoms with Gasteiger partial charge in [0.25, 0.3) is 5.56 Å². The van der Waals surface area contributed by atoms with Gasteiger partial charge < -0.3 is 9.72 Å². The lowest BCUT2D eigenvalue weighted by atomic mass is 9.92. The maximum Gasteiger partial charge on any atom is 0.416 e. The van der Waals surface area contributed by atoms with Crippen molar-refractivity contribution in [3.05, 3.63) is 57.0 Å². The van der Waals surface area contributed by atoms with Gasteiger partial charge in [0, 0.05) is 18.1 Å². The van der Waals surface area contributed by atoms with Gasteiger partial charge in [-0.25, -0.2) is 14.6 Å². The van der Waals surface area contributed by atoms with Crippen LogP contribution in [0.3, 0.4) is 0 Å². The number of aromatic nitrogens is 4. The van der Waals surface area contributed by atoms with Gasteiger partial charge in [-0.15, -0.1) is 0 Å². The lowest BCUT2D eigenvalue weighted by molar-refractivity contribution is 0.112. The number of benzene rings is 1. The summed E-state index contributed by atoms with van der Waals surface area (Å²) in [7, 11) is 0. The summed E-state index contributed by atoms with van der Waals surface area (Å²) in [6, 6.07) is 9.15. The minimum atomic E-state index is -0.426. The first-order valence-electron chi connectivity index (χ1n) is 11.9. The number of imidazole rings is 1. The molecule has 9 nitrogen and oxygen atoms in total. The van der Waals surface area contributed by atoms with E-state index >= 15 is 0 Å². The van der Waals surface area contributed by atoms with Crippen LogP contribution in [0.15, 0.2) is 39.9 Å². The molecule has 0 saturated heterocycles. The van der Waals surface area contributed by atoms with Gasteiger partial charge in [-0.05, 0) is 63.0 Å². The normalized spacial score (nSPS) is 17.6. The molecule has 3 saturated carbocycles. The molecule has 1 aromatic carbocycles. The predicted octanol–water partition coefficient (Wildman–Crippen LogP) is 2.96. The quantitative estimate of drug-likeness (QED) is 0.591. The molecule has 0 aliphatic heterocycles. The van der Waals surface area contributed by atoms with Crippen molar-refractivity contribution in [3.63, 3.8) is 0 Å². The first kappa shape index (κ1) is 20.8. The molecule has 0 spiro atoms. The number of rotatable bonds is 5. The third-order valence-corrected chi connectivity index (χ3v) is 6.74. The van der Waals surface area contributed by atoms with Crippen LogP contribution in [0.5, 0.6) is 5.75 Å². The molecule has 0 bridgehead atoms. The van der Waals surface area contributed by atoms with Crippen molar-refractivity contribution in [3.8, 4) is 17.6 Å². The maximum absolute atomic E-state index is 13.0. The molecule has 1 N–H and O–H groups in total. The van der Waals surface area contributed by atoms with Gasteiger partial charge in [-0.1, -0.05) is 24.1 Å². The molecule has 9 heteroatoms. The van der Waals surface area contributed by atoms with Crippen LogP contribution >= 0.6 is 0 Å². The Bertz CT molecular complexity index is 1430. The fourth-order valence-corrected chi connectivity index (χ4v) is 4.37. The SMILES string of the molecule is O=C(Oc1ccccc1)N(CC#Cc1nc2c([nH]1)c(=O)n(C1CC1)c(=O)n2C1CC1)C1CCC1. The number of H-pyrrole nitrogens is 1. The molecule has 3 fully saturated rings. The Labute approximate surface area is 195 Å². The van der Waals surface area contributed by atoms with E-state index in [1.165, 1.54) is 4.57 Å². The number of fused-ring (bicyclic) bond motifs is 1. The highest BCUT2D eigenvalue weighted by atomic mass is 16.6. The van der Waals surface area contributed by atoms with Gasteiger partial charge in [0.1, 0.15) is 5.75 Å². The first-order valence-corrected chi connectivity index (χ1v) is 11.9. The summed E-state index contributed by atoms with van der Waals surface area (Å²) in [4.78, 5) is 47.9. The largest absolute Gasteiger partial charge is 0.416 e. The second-order valence-electron chi connectivity index (χ2n) is 9.27. The minimum Gasteiger partial charge on any atom is -0.410 e. The maximum atomic E-state index is 13.0. The fourth-order valence-electron chi connectivity index (χ4n) is 4.37. The number of aromatic amines is 1. The summed E-state index contributed by atoms with van der Waals surface area (Å²) < 4.78 is 8.53. The molecule has 0 radical (unpaired) electrons. The van der Waals surface area contributed by atoms with E-state index in [0.717, 1.165) is 44.9 Å². The summed E-state index contributed by atoms with van der Waals surface area (Å²) in [6.07, 6.45) is 6.00. The minimum absolute atomic E-state index is 0.0149. The smallest absolute Gasteiger partial charge is 0.410 e. The van der Waals surface area contributed by atoms with Crippen molar-refractivity contribution >= 4 is 17.3 Å². The highest BCUT2D eigenvalue weighted by Gasteiger charge is 2.34. The van der Waals surface area contributed by atoms with Crippen LogP contribution in [0, 0.1) is 11.8 Å². The summed E-state index contributed by atoms with van der Waals surface area (Å²) in [5, 5.41) is 0. The standard InChI is InChI=1S/C25H25N5O4/c31-23-21-22(29(17-11-12-17)24(32)30(23)18-13-14-18)27-20(26-21)10-5-15-28(16-6-4-7-16)25(33)34-19-8-2-1-3-9-19/h1-3,8-9,16-18H,4,6-7,11-15H2,(H,26,27). The van der Waals surface area contributed by atoms with Gasteiger partial charge in [0.2, 0.25) is 0 Å². The summed E-state index contributed by atoms with van der Waals surface area (Å²) >= 11 is 0. The summed E-state index contributed by atoms with van der Waals surface area (Å²) in [6.45, 7) is 0.190. The number of nitrogens with one attached hydrogen (secondary N) is 1. The lowest BCUT2D eigenvalue weighted by Crippen LogP contribution is -2.45. The van der Waals surface area contributed by atoms with Gasteiger partial charge >= 0.3 is 11.8 Å². The van der Waals surface area contributed by atoms with Crippen molar-refractivity contribution in [1.82, 2.24) is 24.0 Å². The highest BCUT2D eigenvalue weighted by Crippen LogP contribution is 2.36. The Morgan fingerprint density at radius 1 is 1.06 bits per heavy atom. The van der Waals surface area contributed by atoms with Crippen LogP contribution in [0.25, 0.3) is 11.2 Å². The van der Waals surface area contributed by atoms with Crippen molar-refractivity contribution in [2.24, 2.45) is 0 Å². The Hall–Kier alpha value is -3.80. The lowest BCUT2D eigenvalue weighted by Gasteiger charge is -2.35. The van der Waals surface area contributed by atoms with E-state index in [0.29, 0.717) is 22.7 Å². The van der Waals surface area contributed by atoms with Gasteiger partial charge in [-0.3, -0.25) is 18.8 Å². The third-order valence-electron chi connectivity index (χ3n) is 6.74. The third kappa shape index (κ3) is 3.79. The molecule has 1 amide bonds. The molecule has 2 aromatic heterocycles. The molecule has 0 atom stereocenters. The highest BCUT2D eigenvalue weighted by molar-refractivity contribution is 5.72. The molecular formula is C25H25N5O4. The van der Waals surface area contributed by atoms with Crippen LogP contribution in [0.2, 0.25) is 0 Å². The molecule has 3 aromatic rings. The van der Waals surface area contributed by atoms with E-state index in [1.54, 1.807) is 21.6 Å². The zero-order chi connectivity index (χ0) is 23.2. The summed E-state index contributed by atoms with van der Waals surface area (Å²) in [5.74, 6) is 6.78. The molecule has 3 aliphatic carbocycles.